The van der Waals surface area contributed by atoms with Crippen LogP contribution in [0.2, 0.25) is 0 Å². The van der Waals surface area contributed by atoms with E-state index in [2.05, 4.69) is 229 Å². The van der Waals surface area contributed by atoms with Crippen LogP contribution >= 0.6 is 0 Å². The van der Waals surface area contributed by atoms with Gasteiger partial charge in [-0.25, -0.2) is 4.98 Å². The van der Waals surface area contributed by atoms with Crippen LogP contribution in [0.5, 0.6) is 0 Å². The fraction of sp³-hybridized carbons (Fsp3) is 0. The van der Waals surface area contributed by atoms with Crippen LogP contribution in [-0.4, -0.2) is 4.98 Å². The summed E-state index contributed by atoms with van der Waals surface area (Å²) in [5, 5.41) is 4.59. The van der Waals surface area contributed by atoms with E-state index in [-0.39, 0.29) is 0 Å². The number of anilines is 3. The zero-order valence-corrected chi connectivity index (χ0v) is 36.1. The Balaban J connectivity index is 1.04. The van der Waals surface area contributed by atoms with Crippen molar-refractivity contribution in [1.82, 2.24) is 4.98 Å². The number of nitrogens with zero attached hydrogens (tertiary/aromatic N) is 2. The van der Waals surface area contributed by atoms with Gasteiger partial charge in [-0.05, 0) is 139 Å². The number of rotatable bonds is 9. The highest BCUT2D eigenvalue weighted by Crippen LogP contribution is 2.45. The molecule has 12 rings (SSSR count). The lowest BCUT2D eigenvalue weighted by molar-refractivity contribution is 0.623. The molecule has 0 saturated carbocycles. The molecular weight excluding hydrogens is 801 g/mol. The summed E-state index contributed by atoms with van der Waals surface area (Å²) < 4.78 is 6.44. The second-order valence-electron chi connectivity index (χ2n) is 16.7. The van der Waals surface area contributed by atoms with E-state index in [1.807, 2.05) is 30.3 Å². The van der Waals surface area contributed by atoms with Gasteiger partial charge in [-0.2, -0.15) is 0 Å². The summed E-state index contributed by atoms with van der Waals surface area (Å²) in [6, 6.07) is 91.2. The third-order valence-electron chi connectivity index (χ3n) is 12.7. The van der Waals surface area contributed by atoms with Gasteiger partial charge in [0, 0.05) is 28.0 Å². The summed E-state index contributed by atoms with van der Waals surface area (Å²) in [7, 11) is 0. The van der Waals surface area contributed by atoms with E-state index >= 15 is 0 Å². The van der Waals surface area contributed by atoms with E-state index < -0.39 is 0 Å². The Kier molecular flexibility index (Phi) is 9.85. The molecule has 310 valence electrons. The summed E-state index contributed by atoms with van der Waals surface area (Å²) in [6.07, 6.45) is 0. The standard InChI is InChI=1S/C63H42N2O/c1-5-17-43(18-6-1)48-27-15-28-51(40-48)65(53-34-37-58(60(42-53)46-21-9-3-10-22-46)57-30-16-26-44-23-13-14-29-54(44)57)52-33-36-55(59(41-52)45-19-7-2-8-20-45)49-31-35-56-50(39-49)32-38-61-62(56)66-63(64-61)47-24-11-4-12-25-47/h1-42H. The van der Waals surface area contributed by atoms with Crippen LogP contribution in [0, 0.1) is 0 Å². The van der Waals surface area contributed by atoms with Gasteiger partial charge < -0.3 is 9.32 Å². The van der Waals surface area contributed by atoms with E-state index in [4.69, 9.17) is 9.40 Å². The minimum atomic E-state index is 0.627. The molecular formula is C63H42N2O. The molecule has 0 saturated heterocycles. The van der Waals surface area contributed by atoms with Crippen molar-refractivity contribution in [2.75, 3.05) is 4.90 Å². The zero-order chi connectivity index (χ0) is 43.8. The second-order valence-corrected chi connectivity index (χ2v) is 16.7. The predicted molar refractivity (Wildman–Crippen MR) is 276 cm³/mol. The molecule has 3 heteroatoms. The Morgan fingerprint density at radius 1 is 0.288 bits per heavy atom. The highest BCUT2D eigenvalue weighted by atomic mass is 16.3. The first-order chi connectivity index (χ1) is 32.7. The van der Waals surface area contributed by atoms with Crippen molar-refractivity contribution in [3.63, 3.8) is 0 Å². The molecule has 0 amide bonds. The Labute approximate surface area is 384 Å². The van der Waals surface area contributed by atoms with Gasteiger partial charge in [-0.1, -0.05) is 188 Å². The predicted octanol–water partition coefficient (Wildman–Crippen LogP) is 17.6. The summed E-state index contributed by atoms with van der Waals surface area (Å²) >= 11 is 0. The van der Waals surface area contributed by atoms with Crippen molar-refractivity contribution in [2.45, 2.75) is 0 Å². The van der Waals surface area contributed by atoms with Gasteiger partial charge in [-0.15, -0.1) is 0 Å². The van der Waals surface area contributed by atoms with Crippen molar-refractivity contribution in [3.8, 4) is 67.1 Å². The maximum Gasteiger partial charge on any atom is 0.227 e. The van der Waals surface area contributed by atoms with E-state index in [0.29, 0.717) is 5.89 Å². The van der Waals surface area contributed by atoms with Crippen molar-refractivity contribution < 1.29 is 4.42 Å². The smallest absolute Gasteiger partial charge is 0.227 e. The molecule has 11 aromatic carbocycles. The van der Waals surface area contributed by atoms with Crippen LogP contribution in [0.15, 0.2) is 259 Å². The van der Waals surface area contributed by atoms with E-state index in [1.54, 1.807) is 0 Å². The first kappa shape index (κ1) is 38.9. The highest BCUT2D eigenvalue weighted by molar-refractivity contribution is 6.06. The minimum absolute atomic E-state index is 0.627. The van der Waals surface area contributed by atoms with Crippen LogP contribution in [0.3, 0.4) is 0 Å². The summed E-state index contributed by atoms with van der Waals surface area (Å²) in [4.78, 5) is 7.26. The molecule has 3 nitrogen and oxygen atoms in total. The highest BCUT2D eigenvalue weighted by Gasteiger charge is 2.21. The van der Waals surface area contributed by atoms with Crippen molar-refractivity contribution in [2.24, 2.45) is 0 Å². The van der Waals surface area contributed by atoms with Gasteiger partial charge in [0.2, 0.25) is 5.89 Å². The Morgan fingerprint density at radius 3 is 1.56 bits per heavy atom. The summed E-state index contributed by atoms with van der Waals surface area (Å²) in [5.41, 5.74) is 17.4. The quantitative estimate of drug-likeness (QED) is 0.145. The normalized spacial score (nSPS) is 11.3. The number of oxazole rings is 1. The first-order valence-corrected chi connectivity index (χ1v) is 22.4. The SMILES string of the molecule is c1ccc(-c2cccc(N(c3ccc(-c4ccc5c(ccc6nc(-c7ccccc7)oc65)c4)c(-c4ccccc4)c3)c3ccc(-c4cccc5ccccc45)c(-c4ccccc4)c3)c2)cc1. The fourth-order valence-corrected chi connectivity index (χ4v) is 9.49. The van der Waals surface area contributed by atoms with Crippen molar-refractivity contribution >= 4 is 49.7 Å². The largest absolute Gasteiger partial charge is 0.435 e. The molecule has 0 aliphatic rings. The lowest BCUT2D eigenvalue weighted by Crippen LogP contribution is -2.11. The number of hydrogen-bond donors (Lipinski definition) is 0. The number of fused-ring (bicyclic) bond motifs is 4. The molecule has 0 radical (unpaired) electrons. The molecule has 12 aromatic rings. The zero-order valence-electron chi connectivity index (χ0n) is 36.1. The Bertz CT molecular complexity index is 3690. The third-order valence-corrected chi connectivity index (χ3v) is 12.7. The van der Waals surface area contributed by atoms with Gasteiger partial charge in [0.25, 0.3) is 0 Å². The van der Waals surface area contributed by atoms with Gasteiger partial charge in [0.05, 0.1) is 0 Å². The maximum atomic E-state index is 6.44. The van der Waals surface area contributed by atoms with Crippen LogP contribution < -0.4 is 4.90 Å². The minimum Gasteiger partial charge on any atom is -0.435 e. The lowest BCUT2D eigenvalue weighted by Gasteiger charge is -2.28. The second kappa shape index (κ2) is 16.7. The maximum absolute atomic E-state index is 6.44. The Hall–Kier alpha value is -8.79. The van der Waals surface area contributed by atoms with Gasteiger partial charge in [-0.3, -0.25) is 0 Å². The lowest BCUT2D eigenvalue weighted by atomic mass is 9.90. The topological polar surface area (TPSA) is 29.3 Å². The van der Waals surface area contributed by atoms with E-state index in [9.17, 15) is 0 Å². The monoisotopic (exact) mass is 842 g/mol. The van der Waals surface area contributed by atoms with Gasteiger partial charge in [0.1, 0.15) is 5.52 Å². The molecule has 0 atom stereocenters. The molecule has 0 bridgehead atoms. The molecule has 1 heterocycles. The molecule has 0 spiro atoms. The third kappa shape index (κ3) is 7.19. The van der Waals surface area contributed by atoms with E-state index in [1.165, 1.54) is 33.0 Å². The number of aromatic nitrogens is 1. The van der Waals surface area contributed by atoms with Crippen molar-refractivity contribution in [1.29, 1.82) is 0 Å². The first-order valence-electron chi connectivity index (χ1n) is 22.4. The number of benzene rings is 11. The van der Waals surface area contributed by atoms with Crippen LogP contribution in [-0.2, 0) is 0 Å². The summed E-state index contributed by atoms with van der Waals surface area (Å²) in [6.45, 7) is 0. The molecule has 0 N–H and O–H groups in total. The number of hydrogen-bond acceptors (Lipinski definition) is 3. The van der Waals surface area contributed by atoms with Crippen LogP contribution in [0.25, 0.3) is 99.7 Å². The van der Waals surface area contributed by atoms with Crippen molar-refractivity contribution in [3.05, 3.63) is 255 Å². The van der Waals surface area contributed by atoms with E-state index in [0.717, 1.165) is 77.9 Å². The van der Waals surface area contributed by atoms with Gasteiger partial charge >= 0.3 is 0 Å². The molecule has 0 fully saturated rings. The summed E-state index contributed by atoms with van der Waals surface area (Å²) in [5.74, 6) is 0.627. The van der Waals surface area contributed by atoms with Crippen LogP contribution in [0.4, 0.5) is 17.1 Å². The van der Waals surface area contributed by atoms with Gasteiger partial charge in [0.15, 0.2) is 5.58 Å². The molecule has 0 aliphatic heterocycles. The molecule has 1 aromatic heterocycles. The average Bonchev–Trinajstić information content (AvgIpc) is 3.85. The molecule has 0 aliphatic carbocycles. The molecule has 66 heavy (non-hydrogen) atoms. The Morgan fingerprint density at radius 2 is 0.848 bits per heavy atom. The average molecular weight is 843 g/mol. The van der Waals surface area contributed by atoms with Crippen LogP contribution in [0.1, 0.15) is 0 Å². The molecule has 0 unspecified atom stereocenters. The fourth-order valence-electron chi connectivity index (χ4n) is 9.49.